The van der Waals surface area contributed by atoms with Gasteiger partial charge in [0.05, 0.1) is 4.99 Å². The first-order valence-corrected chi connectivity index (χ1v) is 7.84. The number of nitrogens with one attached hydrogen (secondary N) is 1. The molecule has 1 rings (SSSR count). The topological polar surface area (TPSA) is 72.2 Å². The SMILES string of the molecule is CCC(C(N)=S)S(=O)(=O)NCCc1cccc(F)c1. The molecule has 0 saturated heterocycles. The van der Waals surface area contributed by atoms with Crippen LogP contribution in [-0.2, 0) is 16.4 Å². The second-order valence-electron chi connectivity index (χ2n) is 4.12. The lowest BCUT2D eigenvalue weighted by Crippen LogP contribution is -2.42. The van der Waals surface area contributed by atoms with E-state index in [9.17, 15) is 12.8 Å². The van der Waals surface area contributed by atoms with Crippen LogP contribution in [0.25, 0.3) is 0 Å². The predicted molar refractivity (Wildman–Crippen MR) is 77.9 cm³/mol. The second-order valence-corrected chi connectivity index (χ2v) is 6.54. The Morgan fingerprint density at radius 1 is 1.53 bits per heavy atom. The Hall–Kier alpha value is -1.05. The van der Waals surface area contributed by atoms with Crippen molar-refractivity contribution in [2.45, 2.75) is 25.0 Å². The number of hydrogen-bond donors (Lipinski definition) is 2. The highest BCUT2D eigenvalue weighted by Crippen LogP contribution is 2.07. The van der Waals surface area contributed by atoms with Crippen molar-refractivity contribution in [2.24, 2.45) is 5.73 Å². The third-order valence-electron chi connectivity index (χ3n) is 2.67. The van der Waals surface area contributed by atoms with Crippen molar-refractivity contribution in [3.05, 3.63) is 35.6 Å². The quantitative estimate of drug-likeness (QED) is 0.746. The molecule has 1 unspecified atom stereocenters. The summed E-state index contributed by atoms with van der Waals surface area (Å²) in [6.45, 7) is 1.89. The Labute approximate surface area is 118 Å². The van der Waals surface area contributed by atoms with E-state index in [1.807, 2.05) is 0 Å². The minimum atomic E-state index is -3.56. The van der Waals surface area contributed by atoms with E-state index in [2.05, 4.69) is 4.72 Å². The maximum Gasteiger partial charge on any atom is 0.221 e. The van der Waals surface area contributed by atoms with Gasteiger partial charge in [0.1, 0.15) is 11.1 Å². The summed E-state index contributed by atoms with van der Waals surface area (Å²) >= 11 is 4.73. The van der Waals surface area contributed by atoms with Crippen LogP contribution in [0.2, 0.25) is 0 Å². The zero-order valence-corrected chi connectivity index (χ0v) is 12.2. The molecule has 19 heavy (non-hydrogen) atoms. The first-order valence-electron chi connectivity index (χ1n) is 5.89. The van der Waals surface area contributed by atoms with Crippen LogP contribution >= 0.6 is 12.2 Å². The van der Waals surface area contributed by atoms with Crippen molar-refractivity contribution in [2.75, 3.05) is 6.54 Å². The van der Waals surface area contributed by atoms with E-state index in [0.29, 0.717) is 12.8 Å². The summed E-state index contributed by atoms with van der Waals surface area (Å²) in [4.78, 5) is -0.0410. The molecule has 1 atom stereocenters. The maximum absolute atomic E-state index is 12.9. The van der Waals surface area contributed by atoms with Gasteiger partial charge in [-0.1, -0.05) is 31.3 Å². The van der Waals surface area contributed by atoms with Gasteiger partial charge in [-0.2, -0.15) is 0 Å². The van der Waals surface area contributed by atoms with Gasteiger partial charge in [0.25, 0.3) is 0 Å². The molecule has 0 saturated carbocycles. The first kappa shape index (κ1) is 16.0. The molecule has 0 heterocycles. The number of benzene rings is 1. The normalized spacial score (nSPS) is 13.2. The smallest absolute Gasteiger partial charge is 0.221 e. The van der Waals surface area contributed by atoms with Crippen LogP contribution in [0, 0.1) is 5.82 Å². The van der Waals surface area contributed by atoms with Gasteiger partial charge in [-0.15, -0.1) is 0 Å². The minimum Gasteiger partial charge on any atom is -0.392 e. The molecule has 0 aliphatic rings. The zero-order chi connectivity index (χ0) is 14.5. The molecule has 0 bridgehead atoms. The third kappa shape index (κ3) is 4.85. The molecule has 106 valence electrons. The Balaban J connectivity index is 2.59. The first-order chi connectivity index (χ1) is 8.86. The second kappa shape index (κ2) is 6.93. The van der Waals surface area contributed by atoms with Crippen molar-refractivity contribution in [3.8, 4) is 0 Å². The molecule has 0 radical (unpaired) electrons. The lowest BCUT2D eigenvalue weighted by atomic mass is 10.1. The van der Waals surface area contributed by atoms with E-state index in [1.165, 1.54) is 12.1 Å². The van der Waals surface area contributed by atoms with Crippen LogP contribution in [0.5, 0.6) is 0 Å². The molecular weight excluding hydrogens is 287 g/mol. The summed E-state index contributed by atoms with van der Waals surface area (Å²) in [5.74, 6) is -0.338. The molecule has 4 nitrogen and oxygen atoms in total. The van der Waals surface area contributed by atoms with Gasteiger partial charge in [-0.3, -0.25) is 0 Å². The van der Waals surface area contributed by atoms with E-state index in [4.69, 9.17) is 18.0 Å². The molecule has 0 spiro atoms. The highest BCUT2D eigenvalue weighted by atomic mass is 32.2. The highest BCUT2D eigenvalue weighted by molar-refractivity contribution is 7.93. The van der Waals surface area contributed by atoms with E-state index >= 15 is 0 Å². The van der Waals surface area contributed by atoms with E-state index < -0.39 is 15.3 Å². The van der Waals surface area contributed by atoms with Crippen molar-refractivity contribution < 1.29 is 12.8 Å². The number of hydrogen-bond acceptors (Lipinski definition) is 3. The average molecular weight is 304 g/mol. The lowest BCUT2D eigenvalue weighted by molar-refractivity contribution is 0.574. The Morgan fingerprint density at radius 3 is 2.74 bits per heavy atom. The third-order valence-corrected chi connectivity index (χ3v) is 5.05. The van der Waals surface area contributed by atoms with Crippen LogP contribution in [0.15, 0.2) is 24.3 Å². The number of halogens is 1. The Bertz CT molecular complexity index is 546. The van der Waals surface area contributed by atoms with Crippen LogP contribution in [0.3, 0.4) is 0 Å². The minimum absolute atomic E-state index is 0.0410. The molecular formula is C12H17FN2O2S2. The van der Waals surface area contributed by atoms with Gasteiger partial charge in [0.2, 0.25) is 10.0 Å². The fourth-order valence-corrected chi connectivity index (χ4v) is 3.58. The maximum atomic E-state index is 12.9. The molecule has 3 N–H and O–H groups in total. The highest BCUT2D eigenvalue weighted by Gasteiger charge is 2.25. The summed E-state index contributed by atoms with van der Waals surface area (Å²) < 4.78 is 39.2. The molecule has 0 aliphatic carbocycles. The van der Waals surface area contributed by atoms with Crippen LogP contribution in [-0.4, -0.2) is 25.2 Å². The van der Waals surface area contributed by atoms with E-state index in [0.717, 1.165) is 5.56 Å². The van der Waals surface area contributed by atoms with Crippen LogP contribution in [0.4, 0.5) is 4.39 Å². The summed E-state index contributed by atoms with van der Waals surface area (Å²) in [5, 5.41) is -0.866. The molecule has 7 heteroatoms. The number of rotatable bonds is 7. The van der Waals surface area contributed by atoms with Crippen LogP contribution in [0.1, 0.15) is 18.9 Å². The number of thiocarbonyl (C=S) groups is 1. The summed E-state index contributed by atoms with van der Waals surface area (Å²) in [6.07, 6.45) is 0.732. The molecule has 1 aromatic rings. The van der Waals surface area contributed by atoms with Crippen LogP contribution < -0.4 is 10.5 Å². The molecule has 0 fully saturated rings. The van der Waals surface area contributed by atoms with E-state index in [-0.39, 0.29) is 17.4 Å². The standard InChI is InChI=1S/C12H17FN2O2S2/c1-2-11(12(14)18)19(16,17)15-7-6-9-4-3-5-10(13)8-9/h3-5,8,11,15H,2,6-7H2,1H3,(H2,14,18). The van der Waals surface area contributed by atoms with Crippen molar-refractivity contribution in [1.82, 2.24) is 4.72 Å². The van der Waals surface area contributed by atoms with Gasteiger partial charge in [0.15, 0.2) is 0 Å². The largest absolute Gasteiger partial charge is 0.392 e. The molecule has 0 aromatic heterocycles. The molecule has 0 aliphatic heterocycles. The van der Waals surface area contributed by atoms with Gasteiger partial charge < -0.3 is 5.73 Å². The monoisotopic (exact) mass is 304 g/mol. The van der Waals surface area contributed by atoms with Gasteiger partial charge in [-0.05, 0) is 30.5 Å². The summed E-state index contributed by atoms with van der Waals surface area (Å²) in [7, 11) is -3.56. The van der Waals surface area contributed by atoms with Crippen molar-refractivity contribution in [3.63, 3.8) is 0 Å². The zero-order valence-electron chi connectivity index (χ0n) is 10.6. The molecule has 1 aromatic carbocycles. The fraction of sp³-hybridized carbons (Fsp3) is 0.417. The van der Waals surface area contributed by atoms with Gasteiger partial charge in [-0.25, -0.2) is 17.5 Å². The van der Waals surface area contributed by atoms with Crippen molar-refractivity contribution in [1.29, 1.82) is 0 Å². The molecule has 0 amide bonds. The predicted octanol–water partition coefficient (Wildman–Crippen LogP) is 1.35. The Kier molecular flexibility index (Phi) is 5.84. The average Bonchev–Trinajstić information content (AvgIpc) is 2.28. The summed E-state index contributed by atoms with van der Waals surface area (Å²) in [6, 6.07) is 6.04. The number of nitrogens with two attached hydrogens (primary N) is 1. The Morgan fingerprint density at radius 2 is 2.21 bits per heavy atom. The lowest BCUT2D eigenvalue weighted by Gasteiger charge is -2.15. The number of sulfonamides is 1. The van der Waals surface area contributed by atoms with Crippen molar-refractivity contribution >= 4 is 27.2 Å². The van der Waals surface area contributed by atoms with Gasteiger partial charge >= 0.3 is 0 Å². The van der Waals surface area contributed by atoms with Gasteiger partial charge in [0, 0.05) is 6.54 Å². The summed E-state index contributed by atoms with van der Waals surface area (Å²) in [5.41, 5.74) is 6.13. The fourth-order valence-electron chi connectivity index (χ4n) is 1.70. The van der Waals surface area contributed by atoms with E-state index in [1.54, 1.807) is 19.1 Å².